The van der Waals surface area contributed by atoms with Gasteiger partial charge in [-0.2, -0.15) is 5.06 Å². The molecule has 0 radical (unpaired) electrons. The van der Waals surface area contributed by atoms with Gasteiger partial charge in [-0.15, -0.1) is 0 Å². The van der Waals surface area contributed by atoms with E-state index in [9.17, 15) is 4.79 Å². The molecule has 0 N–H and O–H groups in total. The van der Waals surface area contributed by atoms with Crippen molar-refractivity contribution in [3.8, 4) is 5.75 Å². The van der Waals surface area contributed by atoms with Crippen LogP contribution in [0.25, 0.3) is 0 Å². The van der Waals surface area contributed by atoms with Crippen molar-refractivity contribution < 1.29 is 14.4 Å². The molecule has 1 aromatic rings. The molecule has 28 heavy (non-hydrogen) atoms. The minimum atomic E-state index is 0.231. The molecule has 0 atom stereocenters. The van der Waals surface area contributed by atoms with E-state index in [-0.39, 0.29) is 5.91 Å². The molecule has 2 fully saturated rings. The standard InChI is InChI=1S/C22H35N3O3/c1-23(22(26)11-16-25-12-5-17-28-25)18-19-8-13-24(14-9-19)15-10-20-6-3-4-7-21(20)27-2/h3-4,6-7,19H,5,8-18H2,1-2H3. The summed E-state index contributed by atoms with van der Waals surface area (Å²) in [6.07, 6.45) is 4.97. The van der Waals surface area contributed by atoms with E-state index in [0.29, 0.717) is 18.9 Å². The molecule has 1 amide bonds. The number of carbonyl (C=O) groups excluding carboxylic acids is 1. The smallest absolute Gasteiger partial charge is 0.223 e. The molecule has 2 aliphatic rings. The van der Waals surface area contributed by atoms with Crippen molar-refractivity contribution in [1.82, 2.24) is 14.9 Å². The van der Waals surface area contributed by atoms with Gasteiger partial charge in [-0.05, 0) is 56.3 Å². The van der Waals surface area contributed by atoms with Gasteiger partial charge in [-0.1, -0.05) is 18.2 Å². The normalized spacial score (nSPS) is 19.1. The third kappa shape index (κ3) is 6.19. The van der Waals surface area contributed by atoms with Gasteiger partial charge in [0.25, 0.3) is 0 Å². The molecule has 0 aromatic heterocycles. The Hall–Kier alpha value is -1.63. The van der Waals surface area contributed by atoms with Crippen LogP contribution in [0.2, 0.25) is 0 Å². The average molecular weight is 390 g/mol. The highest BCUT2D eigenvalue weighted by molar-refractivity contribution is 5.76. The second-order valence-electron chi connectivity index (χ2n) is 7.99. The van der Waals surface area contributed by atoms with Gasteiger partial charge in [0.05, 0.1) is 13.7 Å². The molecule has 0 bridgehead atoms. The zero-order valence-corrected chi connectivity index (χ0v) is 17.4. The van der Waals surface area contributed by atoms with E-state index in [2.05, 4.69) is 17.0 Å². The van der Waals surface area contributed by atoms with Crippen LogP contribution < -0.4 is 4.74 Å². The molecule has 6 nitrogen and oxygen atoms in total. The first-order valence-corrected chi connectivity index (χ1v) is 10.6. The maximum Gasteiger partial charge on any atom is 0.223 e. The summed E-state index contributed by atoms with van der Waals surface area (Å²) in [4.78, 5) is 22.3. The Morgan fingerprint density at radius 3 is 2.71 bits per heavy atom. The fourth-order valence-electron chi connectivity index (χ4n) is 4.16. The number of benzene rings is 1. The van der Waals surface area contributed by atoms with Crippen molar-refractivity contribution in [2.45, 2.75) is 32.1 Å². The average Bonchev–Trinajstić information content (AvgIpc) is 3.25. The third-order valence-corrected chi connectivity index (χ3v) is 5.96. The van der Waals surface area contributed by atoms with Crippen molar-refractivity contribution in [2.24, 2.45) is 5.92 Å². The summed E-state index contributed by atoms with van der Waals surface area (Å²) in [5.41, 5.74) is 1.28. The van der Waals surface area contributed by atoms with Crippen molar-refractivity contribution >= 4 is 5.91 Å². The number of methoxy groups -OCH3 is 1. The lowest BCUT2D eigenvalue weighted by atomic mass is 9.96. The number of nitrogens with zero attached hydrogens (tertiary/aromatic N) is 3. The van der Waals surface area contributed by atoms with Crippen LogP contribution in [0.4, 0.5) is 0 Å². The minimum Gasteiger partial charge on any atom is -0.496 e. The van der Waals surface area contributed by atoms with Gasteiger partial charge in [0.15, 0.2) is 0 Å². The number of carbonyl (C=O) groups is 1. The third-order valence-electron chi connectivity index (χ3n) is 5.96. The van der Waals surface area contributed by atoms with Crippen LogP contribution in [-0.4, -0.2) is 80.8 Å². The molecular formula is C22H35N3O3. The Kier molecular flexibility index (Phi) is 8.13. The monoisotopic (exact) mass is 389 g/mol. The van der Waals surface area contributed by atoms with Gasteiger partial charge < -0.3 is 14.5 Å². The molecule has 2 saturated heterocycles. The van der Waals surface area contributed by atoms with Crippen LogP contribution in [0.5, 0.6) is 5.75 Å². The lowest BCUT2D eigenvalue weighted by Crippen LogP contribution is -2.40. The maximum atomic E-state index is 12.4. The minimum absolute atomic E-state index is 0.231. The van der Waals surface area contributed by atoms with E-state index in [1.165, 1.54) is 18.4 Å². The Labute approximate surface area is 169 Å². The van der Waals surface area contributed by atoms with E-state index in [0.717, 1.165) is 57.9 Å². The Morgan fingerprint density at radius 1 is 1.21 bits per heavy atom. The van der Waals surface area contributed by atoms with Gasteiger partial charge in [0.1, 0.15) is 5.75 Å². The number of rotatable bonds is 9. The molecule has 6 heteroatoms. The highest BCUT2D eigenvalue weighted by Crippen LogP contribution is 2.21. The number of likely N-dealkylation sites (tertiary alicyclic amines) is 1. The summed E-state index contributed by atoms with van der Waals surface area (Å²) >= 11 is 0. The second-order valence-corrected chi connectivity index (χ2v) is 7.99. The van der Waals surface area contributed by atoms with Gasteiger partial charge in [-0.3, -0.25) is 9.63 Å². The van der Waals surface area contributed by atoms with Crippen molar-refractivity contribution in [3.05, 3.63) is 29.8 Å². The first-order chi connectivity index (χ1) is 13.7. The SMILES string of the molecule is COc1ccccc1CCN1CCC(CN(C)C(=O)CCN2CCCO2)CC1. The number of ether oxygens (including phenoxy) is 1. The van der Waals surface area contributed by atoms with Crippen molar-refractivity contribution in [1.29, 1.82) is 0 Å². The summed E-state index contributed by atoms with van der Waals surface area (Å²) in [6, 6.07) is 8.28. The molecule has 2 aliphatic heterocycles. The fraction of sp³-hybridized carbons (Fsp3) is 0.682. The molecule has 156 valence electrons. The van der Waals surface area contributed by atoms with Crippen LogP contribution in [0.1, 0.15) is 31.2 Å². The summed E-state index contributed by atoms with van der Waals surface area (Å²) in [6.45, 7) is 6.62. The Balaban J connectivity index is 1.33. The van der Waals surface area contributed by atoms with Crippen LogP contribution in [0.3, 0.4) is 0 Å². The van der Waals surface area contributed by atoms with E-state index >= 15 is 0 Å². The zero-order chi connectivity index (χ0) is 19.8. The van der Waals surface area contributed by atoms with Crippen molar-refractivity contribution in [2.75, 3.05) is 60.0 Å². The van der Waals surface area contributed by atoms with E-state index in [1.54, 1.807) is 7.11 Å². The number of para-hydroxylation sites is 1. The highest BCUT2D eigenvalue weighted by atomic mass is 16.7. The zero-order valence-electron chi connectivity index (χ0n) is 17.4. The van der Waals surface area contributed by atoms with Gasteiger partial charge >= 0.3 is 0 Å². The molecule has 3 rings (SSSR count). The van der Waals surface area contributed by atoms with Gasteiger partial charge in [-0.25, -0.2) is 0 Å². The molecule has 0 saturated carbocycles. The molecule has 2 heterocycles. The fourth-order valence-corrected chi connectivity index (χ4v) is 4.16. The van der Waals surface area contributed by atoms with Crippen LogP contribution in [-0.2, 0) is 16.1 Å². The number of hydroxylamine groups is 2. The van der Waals surface area contributed by atoms with Crippen LogP contribution in [0.15, 0.2) is 24.3 Å². The first-order valence-electron chi connectivity index (χ1n) is 10.6. The lowest BCUT2D eigenvalue weighted by molar-refractivity contribution is -0.138. The molecule has 1 aromatic carbocycles. The van der Waals surface area contributed by atoms with E-state index in [4.69, 9.17) is 9.57 Å². The van der Waals surface area contributed by atoms with Crippen LogP contribution >= 0.6 is 0 Å². The maximum absolute atomic E-state index is 12.4. The summed E-state index contributed by atoms with van der Waals surface area (Å²) < 4.78 is 5.45. The van der Waals surface area contributed by atoms with Gasteiger partial charge in [0.2, 0.25) is 5.91 Å². The van der Waals surface area contributed by atoms with E-state index < -0.39 is 0 Å². The predicted octanol–water partition coefficient (Wildman–Crippen LogP) is 2.44. The topological polar surface area (TPSA) is 45.2 Å². The van der Waals surface area contributed by atoms with Crippen molar-refractivity contribution in [3.63, 3.8) is 0 Å². The molecule has 0 spiro atoms. The van der Waals surface area contributed by atoms with E-state index in [1.807, 2.05) is 29.1 Å². The summed E-state index contributed by atoms with van der Waals surface area (Å²) in [7, 11) is 3.68. The first kappa shape index (κ1) is 21.1. The van der Waals surface area contributed by atoms with Gasteiger partial charge in [0, 0.05) is 39.6 Å². The number of piperidine rings is 1. The second kappa shape index (κ2) is 10.8. The Morgan fingerprint density at radius 2 is 2.00 bits per heavy atom. The summed E-state index contributed by atoms with van der Waals surface area (Å²) in [5, 5.41) is 1.92. The molecule has 0 aliphatic carbocycles. The summed E-state index contributed by atoms with van der Waals surface area (Å²) in [5.74, 6) is 1.82. The number of hydrogen-bond acceptors (Lipinski definition) is 5. The predicted molar refractivity (Wildman–Crippen MR) is 110 cm³/mol. The molecular weight excluding hydrogens is 354 g/mol. The highest BCUT2D eigenvalue weighted by Gasteiger charge is 2.23. The van der Waals surface area contributed by atoms with Crippen LogP contribution in [0, 0.1) is 5.92 Å². The molecule has 0 unspecified atom stereocenters. The largest absolute Gasteiger partial charge is 0.496 e. The quantitative estimate of drug-likeness (QED) is 0.649. The number of amides is 1. The lowest BCUT2D eigenvalue weighted by Gasteiger charge is -2.34. The number of hydrogen-bond donors (Lipinski definition) is 0. The Bertz CT molecular complexity index is 611.